The summed E-state index contributed by atoms with van der Waals surface area (Å²) in [5, 5.41) is 2.83. The first-order valence-electron chi connectivity index (χ1n) is 7.04. The summed E-state index contributed by atoms with van der Waals surface area (Å²) < 4.78 is 16.6. The number of rotatable bonds is 6. The molecule has 0 heterocycles. The maximum Gasteiger partial charge on any atom is 0.255 e. The van der Waals surface area contributed by atoms with Crippen LogP contribution in [0.25, 0.3) is 0 Å². The Labute approximate surface area is 143 Å². The van der Waals surface area contributed by atoms with Crippen LogP contribution in [0.3, 0.4) is 0 Å². The Morgan fingerprint density at radius 3 is 2.48 bits per heavy atom. The molecule has 0 spiro atoms. The molecule has 0 unspecified atom stereocenters. The van der Waals surface area contributed by atoms with Gasteiger partial charge in [-0.25, -0.2) is 0 Å². The Kier molecular flexibility index (Phi) is 5.87. The van der Waals surface area contributed by atoms with Crippen molar-refractivity contribution in [2.24, 2.45) is 0 Å². The van der Waals surface area contributed by atoms with Gasteiger partial charge in [-0.05, 0) is 53.2 Å². The largest absolute Gasteiger partial charge is 0.497 e. The van der Waals surface area contributed by atoms with E-state index in [-0.39, 0.29) is 5.91 Å². The van der Waals surface area contributed by atoms with Gasteiger partial charge in [-0.15, -0.1) is 0 Å². The second-order valence-corrected chi connectivity index (χ2v) is 5.45. The van der Waals surface area contributed by atoms with Crippen LogP contribution in [0.15, 0.2) is 40.9 Å². The highest BCUT2D eigenvalue weighted by Gasteiger charge is 2.12. The monoisotopic (exact) mass is 379 g/mol. The van der Waals surface area contributed by atoms with Gasteiger partial charge in [0.25, 0.3) is 5.91 Å². The zero-order chi connectivity index (χ0) is 16.8. The summed E-state index contributed by atoms with van der Waals surface area (Å²) in [6, 6.07) is 10.4. The van der Waals surface area contributed by atoms with E-state index in [1.54, 1.807) is 43.5 Å². The molecule has 0 aromatic heterocycles. The summed E-state index contributed by atoms with van der Waals surface area (Å²) in [4.78, 5) is 12.4. The molecule has 1 N–H and O–H groups in total. The Balaban J connectivity index is 2.20. The second kappa shape index (κ2) is 7.87. The number of carbonyl (C=O) groups is 1. The first kappa shape index (κ1) is 17.1. The van der Waals surface area contributed by atoms with Crippen molar-refractivity contribution in [2.45, 2.75) is 6.92 Å². The average Bonchev–Trinajstić information content (AvgIpc) is 2.57. The van der Waals surface area contributed by atoms with Gasteiger partial charge in [0.1, 0.15) is 17.2 Å². The molecule has 1 amide bonds. The molecule has 2 aromatic carbocycles. The minimum Gasteiger partial charge on any atom is -0.497 e. The molecule has 0 fully saturated rings. The van der Waals surface area contributed by atoms with Crippen LogP contribution in [0, 0.1) is 0 Å². The number of hydrogen-bond acceptors (Lipinski definition) is 4. The molecule has 0 aliphatic carbocycles. The number of methoxy groups -OCH3 is 2. The van der Waals surface area contributed by atoms with Crippen LogP contribution in [0.5, 0.6) is 17.2 Å². The SMILES string of the molecule is CCOc1ccc(C(=O)Nc2ccc(OC)cc2OC)cc1Br. The van der Waals surface area contributed by atoms with Crippen LogP contribution in [-0.4, -0.2) is 26.7 Å². The highest BCUT2D eigenvalue weighted by Crippen LogP contribution is 2.30. The Morgan fingerprint density at radius 2 is 1.87 bits per heavy atom. The van der Waals surface area contributed by atoms with E-state index in [4.69, 9.17) is 14.2 Å². The second-order valence-electron chi connectivity index (χ2n) is 4.60. The predicted molar refractivity (Wildman–Crippen MR) is 92.8 cm³/mol. The van der Waals surface area contributed by atoms with E-state index in [9.17, 15) is 4.79 Å². The smallest absolute Gasteiger partial charge is 0.255 e. The van der Waals surface area contributed by atoms with Gasteiger partial charge >= 0.3 is 0 Å². The molecule has 2 rings (SSSR count). The summed E-state index contributed by atoms with van der Waals surface area (Å²) in [6.45, 7) is 2.47. The molecule has 0 atom stereocenters. The lowest BCUT2D eigenvalue weighted by Crippen LogP contribution is -2.12. The molecule has 23 heavy (non-hydrogen) atoms. The molecule has 122 valence electrons. The third kappa shape index (κ3) is 4.16. The lowest BCUT2D eigenvalue weighted by molar-refractivity contribution is 0.102. The van der Waals surface area contributed by atoms with Gasteiger partial charge < -0.3 is 19.5 Å². The number of carbonyl (C=O) groups excluding carboxylic acids is 1. The maximum atomic E-state index is 12.4. The van der Waals surface area contributed by atoms with Crippen molar-refractivity contribution in [2.75, 3.05) is 26.1 Å². The molecule has 0 bridgehead atoms. The van der Waals surface area contributed by atoms with Crippen molar-refractivity contribution in [1.82, 2.24) is 0 Å². The number of halogens is 1. The lowest BCUT2D eigenvalue weighted by atomic mass is 10.2. The Bertz CT molecular complexity index is 703. The third-order valence-corrected chi connectivity index (χ3v) is 3.77. The van der Waals surface area contributed by atoms with Crippen molar-refractivity contribution in [3.05, 3.63) is 46.4 Å². The normalized spacial score (nSPS) is 10.1. The van der Waals surface area contributed by atoms with Gasteiger partial charge in [-0.1, -0.05) is 0 Å². The number of hydrogen-bond donors (Lipinski definition) is 1. The fraction of sp³-hybridized carbons (Fsp3) is 0.235. The number of anilines is 1. The highest BCUT2D eigenvalue weighted by atomic mass is 79.9. The fourth-order valence-electron chi connectivity index (χ4n) is 2.01. The predicted octanol–water partition coefficient (Wildman–Crippen LogP) is 4.12. The maximum absolute atomic E-state index is 12.4. The zero-order valence-electron chi connectivity index (χ0n) is 13.2. The Hall–Kier alpha value is -2.21. The molecule has 0 saturated carbocycles. The van der Waals surface area contributed by atoms with E-state index in [0.717, 1.165) is 4.47 Å². The zero-order valence-corrected chi connectivity index (χ0v) is 14.8. The van der Waals surface area contributed by atoms with E-state index < -0.39 is 0 Å². The first-order valence-corrected chi connectivity index (χ1v) is 7.84. The Morgan fingerprint density at radius 1 is 1.09 bits per heavy atom. The van der Waals surface area contributed by atoms with Crippen molar-refractivity contribution >= 4 is 27.5 Å². The summed E-state index contributed by atoms with van der Waals surface area (Å²) in [7, 11) is 3.11. The van der Waals surface area contributed by atoms with E-state index in [0.29, 0.717) is 35.1 Å². The van der Waals surface area contributed by atoms with E-state index in [1.807, 2.05) is 6.92 Å². The topological polar surface area (TPSA) is 56.8 Å². The number of ether oxygens (including phenoxy) is 3. The van der Waals surface area contributed by atoms with Gasteiger partial charge in [0.15, 0.2) is 0 Å². The first-order chi connectivity index (χ1) is 11.1. The molecular formula is C17H18BrNO4. The fourth-order valence-corrected chi connectivity index (χ4v) is 2.50. The summed E-state index contributed by atoms with van der Waals surface area (Å²) in [5.41, 5.74) is 1.08. The van der Waals surface area contributed by atoms with Gasteiger partial charge in [-0.3, -0.25) is 4.79 Å². The van der Waals surface area contributed by atoms with Crippen LogP contribution in [0.1, 0.15) is 17.3 Å². The van der Waals surface area contributed by atoms with Crippen molar-refractivity contribution in [1.29, 1.82) is 0 Å². The molecule has 0 radical (unpaired) electrons. The molecule has 5 nitrogen and oxygen atoms in total. The molecular weight excluding hydrogens is 362 g/mol. The van der Waals surface area contributed by atoms with Gasteiger partial charge in [-0.2, -0.15) is 0 Å². The molecule has 0 saturated heterocycles. The summed E-state index contributed by atoms with van der Waals surface area (Å²) >= 11 is 3.40. The average molecular weight is 380 g/mol. The lowest BCUT2D eigenvalue weighted by Gasteiger charge is -2.12. The minimum absolute atomic E-state index is 0.239. The van der Waals surface area contributed by atoms with Crippen LogP contribution in [-0.2, 0) is 0 Å². The van der Waals surface area contributed by atoms with Gasteiger partial charge in [0.05, 0.1) is 31.0 Å². The standard InChI is InChI=1S/C17H18BrNO4/c1-4-23-15-8-5-11(9-13(15)18)17(20)19-14-7-6-12(21-2)10-16(14)22-3/h5-10H,4H2,1-3H3,(H,19,20). The number of benzene rings is 2. The van der Waals surface area contributed by atoms with Crippen molar-refractivity contribution in [3.63, 3.8) is 0 Å². The van der Waals surface area contributed by atoms with Crippen LogP contribution in [0.4, 0.5) is 5.69 Å². The number of amides is 1. The van der Waals surface area contributed by atoms with Crippen LogP contribution in [0.2, 0.25) is 0 Å². The van der Waals surface area contributed by atoms with Gasteiger partial charge in [0.2, 0.25) is 0 Å². The van der Waals surface area contributed by atoms with E-state index >= 15 is 0 Å². The van der Waals surface area contributed by atoms with Gasteiger partial charge in [0, 0.05) is 11.6 Å². The molecule has 0 aliphatic rings. The summed E-state index contributed by atoms with van der Waals surface area (Å²) in [6.07, 6.45) is 0. The van der Waals surface area contributed by atoms with E-state index in [2.05, 4.69) is 21.2 Å². The minimum atomic E-state index is -0.239. The highest BCUT2D eigenvalue weighted by molar-refractivity contribution is 9.10. The molecule has 2 aromatic rings. The number of nitrogens with one attached hydrogen (secondary N) is 1. The summed E-state index contributed by atoms with van der Waals surface area (Å²) in [5.74, 6) is 1.65. The molecule has 6 heteroatoms. The van der Waals surface area contributed by atoms with Crippen molar-refractivity contribution < 1.29 is 19.0 Å². The van der Waals surface area contributed by atoms with Crippen LogP contribution < -0.4 is 19.5 Å². The van der Waals surface area contributed by atoms with E-state index in [1.165, 1.54) is 7.11 Å². The molecule has 0 aliphatic heterocycles. The van der Waals surface area contributed by atoms with Crippen LogP contribution >= 0.6 is 15.9 Å². The quantitative estimate of drug-likeness (QED) is 0.819. The third-order valence-electron chi connectivity index (χ3n) is 3.15. The van der Waals surface area contributed by atoms with Crippen molar-refractivity contribution in [3.8, 4) is 17.2 Å².